The molecule has 1 aromatic rings. The molecule has 12 nitrogen and oxygen atoms in total. The SMILES string of the molecule is COc1ccc(OC)c(S(=O)(=O)NCC2CCC(CN=C3NC(=NCCCCNC(=O)OC(C)(C)C)C4=CC=CC=CC4(C)N3)CC2)c1. The van der Waals surface area contributed by atoms with Crippen LogP contribution in [-0.2, 0) is 14.8 Å². The van der Waals surface area contributed by atoms with Crippen LogP contribution in [0.2, 0.25) is 0 Å². The number of unbranched alkanes of at least 4 members (excludes halogenated alkanes) is 1. The Labute approximate surface area is 285 Å². The molecule has 264 valence electrons. The number of nitrogens with zero attached hydrogens (tertiary/aromatic N) is 2. The van der Waals surface area contributed by atoms with Gasteiger partial charge in [0.1, 0.15) is 27.8 Å². The van der Waals surface area contributed by atoms with E-state index in [0.717, 1.165) is 49.9 Å². The molecular formula is C35H52N6O6S. The number of sulfonamides is 1. The van der Waals surface area contributed by atoms with Crippen molar-refractivity contribution in [2.24, 2.45) is 21.8 Å². The van der Waals surface area contributed by atoms with Crippen molar-refractivity contribution in [3.8, 4) is 11.5 Å². The monoisotopic (exact) mass is 684 g/mol. The van der Waals surface area contributed by atoms with E-state index in [1.807, 2.05) is 39.0 Å². The van der Waals surface area contributed by atoms with E-state index in [-0.39, 0.29) is 16.6 Å². The summed E-state index contributed by atoms with van der Waals surface area (Å²) >= 11 is 0. The largest absolute Gasteiger partial charge is 0.497 e. The number of ether oxygens (including phenoxy) is 3. The van der Waals surface area contributed by atoms with Crippen molar-refractivity contribution in [1.82, 2.24) is 20.7 Å². The molecule has 1 saturated heterocycles. The second kappa shape index (κ2) is 16.5. The Hall–Kier alpha value is -3.84. The Morgan fingerprint density at radius 3 is 2.48 bits per heavy atom. The average Bonchev–Trinajstić information content (AvgIpc) is 3.25. The topological polar surface area (TPSA) is 152 Å². The fourth-order valence-electron chi connectivity index (χ4n) is 5.89. The van der Waals surface area contributed by atoms with Gasteiger partial charge in [0, 0.05) is 37.8 Å². The molecule has 1 unspecified atom stereocenters. The number of benzene rings is 1. The predicted octanol–water partition coefficient (Wildman–Crippen LogP) is 4.85. The molecule has 1 amide bonds. The van der Waals surface area contributed by atoms with E-state index in [1.165, 1.54) is 20.3 Å². The van der Waals surface area contributed by atoms with Gasteiger partial charge in [-0.1, -0.05) is 30.4 Å². The van der Waals surface area contributed by atoms with E-state index in [9.17, 15) is 13.2 Å². The second-order valence-electron chi connectivity index (χ2n) is 13.6. The number of alkyl carbamates (subject to hydrolysis) is 1. The predicted molar refractivity (Wildman–Crippen MR) is 189 cm³/mol. The van der Waals surface area contributed by atoms with E-state index in [1.54, 1.807) is 12.1 Å². The molecule has 4 N–H and O–H groups in total. The van der Waals surface area contributed by atoms with Crippen LogP contribution in [0.25, 0.3) is 0 Å². The third-order valence-electron chi connectivity index (χ3n) is 8.56. The van der Waals surface area contributed by atoms with Crippen molar-refractivity contribution in [3.63, 3.8) is 0 Å². The Morgan fingerprint density at radius 2 is 1.77 bits per heavy atom. The van der Waals surface area contributed by atoms with E-state index in [4.69, 9.17) is 24.2 Å². The minimum atomic E-state index is -3.76. The molecule has 48 heavy (non-hydrogen) atoms. The molecule has 0 radical (unpaired) electrons. The molecule has 1 aliphatic heterocycles. The lowest BCUT2D eigenvalue weighted by atomic mass is 9.82. The summed E-state index contributed by atoms with van der Waals surface area (Å²) in [6.07, 6.45) is 15.2. The molecule has 3 aliphatic rings. The standard InChI is InChI=1S/C35H52N6O6S/c1-34(2,3)47-33(42)37-21-11-10-20-36-31-28-12-8-7-9-19-35(28,4)41-32(40-31)38-23-25-13-15-26(16-14-25)24-39-48(43,44)30-22-27(45-5)17-18-29(30)46-6/h7-9,12,17-19,22,25-26,39H,10-11,13-16,20-21,23-24H2,1-6H3,(H,37,42)(H2,36,38,40,41). The lowest BCUT2D eigenvalue weighted by Crippen LogP contribution is -2.60. The first kappa shape index (κ1) is 37.0. The number of hydrogen-bond acceptors (Lipinski definition) is 8. The van der Waals surface area contributed by atoms with Gasteiger partial charge in [-0.3, -0.25) is 9.98 Å². The van der Waals surface area contributed by atoms with Gasteiger partial charge in [0.25, 0.3) is 0 Å². The molecule has 1 atom stereocenters. The van der Waals surface area contributed by atoms with Crippen molar-refractivity contribution in [2.45, 2.75) is 82.3 Å². The van der Waals surface area contributed by atoms with Crippen LogP contribution in [0.5, 0.6) is 11.5 Å². The van der Waals surface area contributed by atoms with E-state index >= 15 is 0 Å². The molecule has 0 spiro atoms. The van der Waals surface area contributed by atoms with Crippen molar-refractivity contribution < 1.29 is 27.4 Å². The van der Waals surface area contributed by atoms with Gasteiger partial charge in [-0.05, 0) is 90.2 Å². The number of hydrogen-bond donors (Lipinski definition) is 4. The number of carbonyl (C=O) groups excluding carboxylic acids is 1. The third-order valence-corrected chi connectivity index (χ3v) is 10.0. The number of allylic oxidation sites excluding steroid dienone is 4. The van der Waals surface area contributed by atoms with Gasteiger partial charge in [-0.25, -0.2) is 17.9 Å². The lowest BCUT2D eigenvalue weighted by molar-refractivity contribution is 0.0527. The molecule has 1 saturated carbocycles. The highest BCUT2D eigenvalue weighted by atomic mass is 32.2. The van der Waals surface area contributed by atoms with Crippen LogP contribution >= 0.6 is 0 Å². The summed E-state index contributed by atoms with van der Waals surface area (Å²) in [4.78, 5) is 21.8. The van der Waals surface area contributed by atoms with Crippen molar-refractivity contribution in [1.29, 1.82) is 0 Å². The Kier molecular flexibility index (Phi) is 12.7. The van der Waals surface area contributed by atoms with Gasteiger partial charge in [-0.15, -0.1) is 0 Å². The van der Waals surface area contributed by atoms with Gasteiger partial charge in [0.15, 0.2) is 5.96 Å². The first-order chi connectivity index (χ1) is 22.8. The number of aliphatic imine (C=N–C) groups is 2. The summed E-state index contributed by atoms with van der Waals surface area (Å²) in [6, 6.07) is 4.75. The number of nitrogens with one attached hydrogen (secondary N) is 4. The molecule has 2 aliphatic carbocycles. The van der Waals surface area contributed by atoms with Crippen LogP contribution in [0.4, 0.5) is 4.79 Å². The maximum atomic E-state index is 13.1. The number of amidine groups is 1. The zero-order chi connectivity index (χ0) is 34.8. The Bertz CT molecular complexity index is 1540. The second-order valence-corrected chi connectivity index (χ2v) is 15.3. The number of methoxy groups -OCH3 is 2. The van der Waals surface area contributed by atoms with Gasteiger partial charge < -0.3 is 30.2 Å². The number of guanidine groups is 1. The zero-order valence-electron chi connectivity index (χ0n) is 29.1. The highest BCUT2D eigenvalue weighted by Gasteiger charge is 2.36. The Morgan fingerprint density at radius 1 is 1.02 bits per heavy atom. The number of amides is 1. The van der Waals surface area contributed by atoms with E-state index in [2.05, 4.69) is 39.7 Å². The third kappa shape index (κ3) is 10.6. The van der Waals surface area contributed by atoms with Crippen molar-refractivity contribution in [3.05, 3.63) is 54.2 Å². The quantitative estimate of drug-likeness (QED) is 0.215. The highest BCUT2D eigenvalue weighted by molar-refractivity contribution is 7.89. The summed E-state index contributed by atoms with van der Waals surface area (Å²) in [5.41, 5.74) is 0.0481. The first-order valence-electron chi connectivity index (χ1n) is 16.7. The van der Waals surface area contributed by atoms with Crippen LogP contribution in [0.15, 0.2) is 69.0 Å². The van der Waals surface area contributed by atoms with E-state index in [0.29, 0.717) is 43.8 Å². The first-order valence-corrected chi connectivity index (χ1v) is 18.2. The van der Waals surface area contributed by atoms with Gasteiger partial charge in [0.2, 0.25) is 10.0 Å². The molecule has 0 aromatic heterocycles. The van der Waals surface area contributed by atoms with Crippen molar-refractivity contribution in [2.75, 3.05) is 40.4 Å². The van der Waals surface area contributed by atoms with Crippen molar-refractivity contribution >= 4 is 27.9 Å². The van der Waals surface area contributed by atoms with Gasteiger partial charge in [0.05, 0.1) is 19.8 Å². The van der Waals surface area contributed by atoms with Gasteiger partial charge in [-0.2, -0.15) is 0 Å². The zero-order valence-corrected chi connectivity index (χ0v) is 29.9. The van der Waals surface area contributed by atoms with Crippen LogP contribution in [0, 0.1) is 11.8 Å². The molecule has 0 bridgehead atoms. The number of fused-ring (bicyclic) bond motifs is 1. The lowest BCUT2D eigenvalue weighted by Gasteiger charge is -2.38. The summed E-state index contributed by atoms with van der Waals surface area (Å²) < 4.78 is 44.8. The summed E-state index contributed by atoms with van der Waals surface area (Å²) in [5.74, 6) is 2.87. The van der Waals surface area contributed by atoms with Crippen LogP contribution < -0.4 is 30.1 Å². The number of rotatable bonds is 13. The van der Waals surface area contributed by atoms with Crippen LogP contribution in [0.3, 0.4) is 0 Å². The van der Waals surface area contributed by atoms with Gasteiger partial charge >= 0.3 is 6.09 Å². The fourth-order valence-corrected chi connectivity index (χ4v) is 7.19. The minimum Gasteiger partial charge on any atom is -0.497 e. The highest BCUT2D eigenvalue weighted by Crippen LogP contribution is 2.31. The fraction of sp³-hybridized carbons (Fsp3) is 0.571. The van der Waals surface area contributed by atoms with Crippen LogP contribution in [0.1, 0.15) is 66.2 Å². The molecular weight excluding hydrogens is 632 g/mol. The maximum Gasteiger partial charge on any atom is 0.407 e. The maximum absolute atomic E-state index is 13.1. The molecule has 13 heteroatoms. The summed E-state index contributed by atoms with van der Waals surface area (Å²) in [7, 11) is -0.805. The summed E-state index contributed by atoms with van der Waals surface area (Å²) in [6.45, 7) is 9.81. The molecule has 1 heterocycles. The van der Waals surface area contributed by atoms with E-state index < -0.39 is 27.3 Å². The minimum absolute atomic E-state index is 0.0745. The smallest absolute Gasteiger partial charge is 0.407 e. The average molecular weight is 685 g/mol. The van der Waals surface area contributed by atoms with Crippen LogP contribution in [-0.4, -0.2) is 77.8 Å². The summed E-state index contributed by atoms with van der Waals surface area (Å²) in [5, 5.41) is 9.79. The molecule has 2 fully saturated rings. The normalized spacial score (nSPS) is 24.2. The Balaban J connectivity index is 1.29. The molecule has 4 rings (SSSR count). The number of carbonyl (C=O) groups is 1. The molecule has 1 aromatic carbocycles.